The van der Waals surface area contributed by atoms with Crippen molar-refractivity contribution in [1.29, 1.82) is 0 Å². The van der Waals surface area contributed by atoms with Gasteiger partial charge in [-0.15, -0.1) is 0 Å². The molecule has 0 amide bonds. The second-order valence-electron chi connectivity index (χ2n) is 10.1. The lowest BCUT2D eigenvalue weighted by atomic mass is 9.96. The number of pyridine rings is 2. The zero-order valence-corrected chi connectivity index (χ0v) is 22.6. The van der Waals surface area contributed by atoms with Gasteiger partial charge in [0.15, 0.2) is 0 Å². The van der Waals surface area contributed by atoms with Gasteiger partial charge in [0.1, 0.15) is 5.82 Å². The third kappa shape index (κ3) is 6.47. The summed E-state index contributed by atoms with van der Waals surface area (Å²) in [6, 6.07) is 19.3. The van der Waals surface area contributed by atoms with Crippen molar-refractivity contribution in [3.8, 4) is 11.1 Å². The van der Waals surface area contributed by atoms with E-state index >= 15 is 0 Å². The number of rotatable bonds is 9. The van der Waals surface area contributed by atoms with Gasteiger partial charge in [-0.3, -0.25) is 19.9 Å². The molecule has 0 atom stereocenters. The summed E-state index contributed by atoms with van der Waals surface area (Å²) in [6.45, 7) is 9.62. The van der Waals surface area contributed by atoms with Crippen molar-refractivity contribution in [2.45, 2.75) is 32.7 Å². The largest absolute Gasteiger partial charge is 0.353 e. The molecular weight excluding hydrogens is 485 g/mol. The van der Waals surface area contributed by atoms with Crippen molar-refractivity contribution in [1.82, 2.24) is 14.9 Å². The molecule has 0 spiro atoms. The number of hydrogen-bond donors (Lipinski definition) is 1. The number of hydrogen-bond acceptors (Lipinski definition) is 5. The highest BCUT2D eigenvalue weighted by molar-refractivity contribution is 6.15. The van der Waals surface area contributed by atoms with Crippen molar-refractivity contribution < 1.29 is 4.39 Å². The van der Waals surface area contributed by atoms with Gasteiger partial charge in [-0.1, -0.05) is 36.9 Å². The summed E-state index contributed by atoms with van der Waals surface area (Å²) in [5, 5.41) is 3.35. The van der Waals surface area contributed by atoms with Crippen LogP contribution in [0.4, 0.5) is 10.1 Å². The van der Waals surface area contributed by atoms with E-state index in [4.69, 9.17) is 0 Å². The predicted molar refractivity (Wildman–Crippen MR) is 158 cm³/mol. The molecule has 2 aromatic heterocycles. The van der Waals surface area contributed by atoms with Crippen LogP contribution in [0.15, 0.2) is 96.5 Å². The number of benzene rings is 2. The monoisotopic (exact) mass is 519 g/mol. The van der Waals surface area contributed by atoms with Crippen LogP contribution in [0.2, 0.25) is 0 Å². The quantitative estimate of drug-likeness (QED) is 0.247. The topological polar surface area (TPSA) is 53.4 Å². The zero-order chi connectivity index (χ0) is 27.2. The molecule has 1 N–H and O–H groups in total. The third-order valence-electron chi connectivity index (χ3n) is 7.18. The highest BCUT2D eigenvalue weighted by Gasteiger charge is 2.15. The van der Waals surface area contributed by atoms with E-state index in [0.717, 1.165) is 59.0 Å². The average molecular weight is 520 g/mol. The summed E-state index contributed by atoms with van der Waals surface area (Å²) in [6.07, 6.45) is 8.63. The lowest BCUT2D eigenvalue weighted by molar-refractivity contribution is 0.331. The zero-order valence-electron chi connectivity index (χ0n) is 22.6. The molecule has 1 saturated heterocycles. The fraction of sp³-hybridized carbons (Fsp3) is 0.242. The first-order valence-corrected chi connectivity index (χ1v) is 13.4. The van der Waals surface area contributed by atoms with Crippen LogP contribution < -0.4 is 5.32 Å². The van der Waals surface area contributed by atoms with E-state index in [-0.39, 0.29) is 5.82 Å². The van der Waals surface area contributed by atoms with Gasteiger partial charge in [-0.2, -0.15) is 0 Å². The SMILES string of the molecule is C=C(Nc1ccc(Cc2ccccc2F)nc1)C(=NC)c1cc(-c2cncc(CN3CCCC3)c2)ccc1C. The number of anilines is 1. The first-order chi connectivity index (χ1) is 19.0. The lowest BCUT2D eigenvalue weighted by Gasteiger charge is -2.17. The van der Waals surface area contributed by atoms with Gasteiger partial charge >= 0.3 is 0 Å². The highest BCUT2D eigenvalue weighted by Crippen LogP contribution is 2.26. The molecule has 1 aliphatic heterocycles. The summed E-state index contributed by atoms with van der Waals surface area (Å²) in [4.78, 5) is 16.1. The Morgan fingerprint density at radius 1 is 1.00 bits per heavy atom. The summed E-state index contributed by atoms with van der Waals surface area (Å²) >= 11 is 0. The maximum Gasteiger partial charge on any atom is 0.126 e. The van der Waals surface area contributed by atoms with E-state index in [1.165, 1.54) is 24.5 Å². The number of aromatic nitrogens is 2. The number of allylic oxidation sites excluding steroid dienone is 1. The molecule has 0 aliphatic carbocycles. The van der Waals surface area contributed by atoms with Crippen LogP contribution >= 0.6 is 0 Å². The Hall–Kier alpha value is -4.16. The second kappa shape index (κ2) is 12.1. The van der Waals surface area contributed by atoms with Crippen LogP contribution in [0.25, 0.3) is 11.1 Å². The van der Waals surface area contributed by atoms with Crippen molar-refractivity contribution in [3.63, 3.8) is 0 Å². The predicted octanol–water partition coefficient (Wildman–Crippen LogP) is 6.82. The van der Waals surface area contributed by atoms with Gasteiger partial charge in [-0.05, 0) is 85.4 Å². The van der Waals surface area contributed by atoms with Crippen LogP contribution in [0.1, 0.15) is 40.8 Å². The van der Waals surface area contributed by atoms with Gasteiger partial charge in [0, 0.05) is 49.2 Å². The average Bonchev–Trinajstić information content (AvgIpc) is 3.46. The lowest BCUT2D eigenvalue weighted by Crippen LogP contribution is -2.18. The molecule has 39 heavy (non-hydrogen) atoms. The van der Waals surface area contributed by atoms with E-state index in [9.17, 15) is 4.39 Å². The number of likely N-dealkylation sites (tertiary alicyclic amines) is 1. The number of aryl methyl sites for hydroxylation is 1. The Morgan fingerprint density at radius 2 is 1.82 bits per heavy atom. The molecule has 0 unspecified atom stereocenters. The molecule has 1 fully saturated rings. The fourth-order valence-electron chi connectivity index (χ4n) is 5.08. The molecule has 2 aromatic carbocycles. The van der Waals surface area contributed by atoms with Gasteiger partial charge in [-0.25, -0.2) is 4.39 Å². The number of nitrogens with zero attached hydrogens (tertiary/aromatic N) is 4. The van der Waals surface area contributed by atoms with Crippen LogP contribution in [-0.4, -0.2) is 40.7 Å². The van der Waals surface area contributed by atoms with Gasteiger partial charge in [0.25, 0.3) is 0 Å². The number of aliphatic imine (C=N–C) groups is 1. The Bertz CT molecular complexity index is 1490. The Morgan fingerprint density at radius 3 is 2.56 bits per heavy atom. The first kappa shape index (κ1) is 26.4. The summed E-state index contributed by atoms with van der Waals surface area (Å²) in [5.74, 6) is -0.217. The molecule has 4 aromatic rings. The third-order valence-corrected chi connectivity index (χ3v) is 7.18. The molecule has 198 valence electrons. The van der Waals surface area contributed by atoms with Crippen molar-refractivity contribution in [2.24, 2.45) is 4.99 Å². The summed E-state index contributed by atoms with van der Waals surface area (Å²) in [7, 11) is 1.78. The molecule has 1 aliphatic rings. The number of nitrogens with one attached hydrogen (secondary N) is 1. The molecule has 0 bridgehead atoms. The van der Waals surface area contributed by atoms with E-state index in [1.54, 1.807) is 25.4 Å². The van der Waals surface area contributed by atoms with Crippen LogP contribution in [0, 0.1) is 12.7 Å². The fourth-order valence-corrected chi connectivity index (χ4v) is 5.08. The van der Waals surface area contributed by atoms with E-state index in [2.05, 4.69) is 62.9 Å². The van der Waals surface area contributed by atoms with E-state index < -0.39 is 0 Å². The van der Waals surface area contributed by atoms with Gasteiger partial charge in [0.2, 0.25) is 0 Å². The van der Waals surface area contributed by atoms with E-state index in [1.807, 2.05) is 30.6 Å². The minimum absolute atomic E-state index is 0.217. The molecule has 0 saturated carbocycles. The maximum absolute atomic E-state index is 14.0. The van der Waals surface area contributed by atoms with Crippen molar-refractivity contribution in [2.75, 3.05) is 25.5 Å². The van der Waals surface area contributed by atoms with Crippen LogP contribution in [-0.2, 0) is 13.0 Å². The summed E-state index contributed by atoms with van der Waals surface area (Å²) < 4.78 is 14.0. The standard InChI is InChI=1S/C33H34FN5/c1-23-10-11-26(28-16-25(19-36-20-28)22-39-14-6-7-15-39)18-31(23)33(35-3)24(2)38-30-13-12-29(37-21-30)17-27-8-4-5-9-32(27)34/h4-5,8-13,16,18-21,38H,2,6-7,14-15,17,22H2,1,3H3. The highest BCUT2D eigenvalue weighted by atomic mass is 19.1. The Kier molecular flexibility index (Phi) is 8.23. The maximum atomic E-state index is 14.0. The Balaban J connectivity index is 1.31. The molecule has 0 radical (unpaired) electrons. The first-order valence-electron chi connectivity index (χ1n) is 13.4. The molecular formula is C33H34FN5. The van der Waals surface area contributed by atoms with Crippen LogP contribution in [0.3, 0.4) is 0 Å². The van der Waals surface area contributed by atoms with Crippen LogP contribution in [0.5, 0.6) is 0 Å². The minimum Gasteiger partial charge on any atom is -0.353 e. The molecule has 5 nitrogen and oxygen atoms in total. The molecule has 6 heteroatoms. The summed E-state index contributed by atoms with van der Waals surface area (Å²) in [5.41, 5.74) is 9.24. The van der Waals surface area contributed by atoms with Crippen molar-refractivity contribution >= 4 is 11.4 Å². The van der Waals surface area contributed by atoms with Gasteiger partial charge < -0.3 is 5.32 Å². The smallest absolute Gasteiger partial charge is 0.126 e. The van der Waals surface area contributed by atoms with Gasteiger partial charge in [0.05, 0.1) is 23.3 Å². The van der Waals surface area contributed by atoms with E-state index in [0.29, 0.717) is 17.7 Å². The normalized spacial score (nSPS) is 14.0. The minimum atomic E-state index is -0.217. The second-order valence-corrected chi connectivity index (χ2v) is 10.1. The Labute approximate surface area is 230 Å². The van der Waals surface area contributed by atoms with Crippen molar-refractivity contribution in [3.05, 3.63) is 125 Å². The molecule has 5 rings (SSSR count). The molecule has 3 heterocycles. The number of halogens is 1.